The highest BCUT2D eigenvalue weighted by Gasteiger charge is 2.20. The van der Waals surface area contributed by atoms with E-state index in [2.05, 4.69) is 23.6 Å². The minimum Gasteiger partial charge on any atom is -0.397 e. The highest BCUT2D eigenvalue weighted by Crippen LogP contribution is 2.28. The Balaban J connectivity index is 2.02. The number of nitrogens with two attached hydrogens (primary N) is 1. The molecule has 0 atom stereocenters. The van der Waals surface area contributed by atoms with Crippen LogP contribution in [0.4, 0.5) is 17.1 Å². The lowest BCUT2D eigenvalue weighted by atomic mass is 10.1. The molecule has 0 aromatic heterocycles. The van der Waals surface area contributed by atoms with E-state index in [1.165, 1.54) is 12.1 Å². The summed E-state index contributed by atoms with van der Waals surface area (Å²) in [4.78, 5) is 15.0. The molecule has 6 nitrogen and oxygen atoms in total. The van der Waals surface area contributed by atoms with E-state index in [0.29, 0.717) is 11.6 Å². The Morgan fingerprint density at radius 2 is 1.95 bits per heavy atom. The van der Waals surface area contributed by atoms with Crippen LogP contribution in [0.25, 0.3) is 0 Å². The molecule has 1 saturated heterocycles. The maximum absolute atomic E-state index is 10.7. The fourth-order valence-electron chi connectivity index (χ4n) is 2.63. The average molecular weight is 278 g/mol. The molecule has 0 amide bonds. The topological polar surface area (TPSA) is 75.6 Å². The normalized spacial score (nSPS) is 16.6. The second-order valence-corrected chi connectivity index (χ2v) is 5.68. The van der Waals surface area contributed by atoms with Crippen LogP contribution in [0.2, 0.25) is 0 Å². The molecule has 0 radical (unpaired) electrons. The lowest BCUT2D eigenvalue weighted by Gasteiger charge is -2.37. The van der Waals surface area contributed by atoms with Gasteiger partial charge in [0.1, 0.15) is 0 Å². The summed E-state index contributed by atoms with van der Waals surface area (Å²) in [5, 5.41) is 10.7. The van der Waals surface area contributed by atoms with E-state index in [4.69, 9.17) is 5.73 Å². The van der Waals surface area contributed by atoms with Crippen LogP contribution in [0.15, 0.2) is 18.2 Å². The summed E-state index contributed by atoms with van der Waals surface area (Å²) in [5.74, 6) is 0.672. The highest BCUT2D eigenvalue weighted by atomic mass is 16.6. The third-order valence-electron chi connectivity index (χ3n) is 3.56. The van der Waals surface area contributed by atoms with Gasteiger partial charge in [0.2, 0.25) is 0 Å². The Bertz CT molecular complexity index is 482. The van der Waals surface area contributed by atoms with Crippen LogP contribution < -0.4 is 10.6 Å². The maximum atomic E-state index is 10.7. The van der Waals surface area contributed by atoms with Crippen molar-refractivity contribution in [1.29, 1.82) is 0 Å². The zero-order valence-electron chi connectivity index (χ0n) is 12.1. The van der Waals surface area contributed by atoms with Gasteiger partial charge < -0.3 is 10.6 Å². The molecule has 1 heterocycles. The van der Waals surface area contributed by atoms with Crippen LogP contribution in [0.3, 0.4) is 0 Å². The molecule has 6 heteroatoms. The van der Waals surface area contributed by atoms with E-state index in [1.54, 1.807) is 6.07 Å². The smallest absolute Gasteiger partial charge is 0.271 e. The lowest BCUT2D eigenvalue weighted by molar-refractivity contribution is -0.384. The number of benzene rings is 1. The third kappa shape index (κ3) is 3.39. The van der Waals surface area contributed by atoms with E-state index < -0.39 is 4.92 Å². The molecule has 1 aliphatic heterocycles. The van der Waals surface area contributed by atoms with Crippen molar-refractivity contribution < 1.29 is 4.92 Å². The molecule has 0 unspecified atom stereocenters. The summed E-state index contributed by atoms with van der Waals surface area (Å²) < 4.78 is 0. The van der Waals surface area contributed by atoms with Crippen molar-refractivity contribution in [3.8, 4) is 0 Å². The van der Waals surface area contributed by atoms with Gasteiger partial charge in [-0.2, -0.15) is 0 Å². The Morgan fingerprint density at radius 1 is 1.30 bits per heavy atom. The van der Waals surface area contributed by atoms with Gasteiger partial charge in [0.05, 0.1) is 16.3 Å². The van der Waals surface area contributed by atoms with Crippen LogP contribution in [0.1, 0.15) is 13.8 Å². The van der Waals surface area contributed by atoms with E-state index in [9.17, 15) is 10.1 Å². The maximum Gasteiger partial charge on any atom is 0.271 e. The van der Waals surface area contributed by atoms with Gasteiger partial charge in [-0.3, -0.25) is 15.0 Å². The molecule has 1 aliphatic rings. The molecule has 1 aromatic carbocycles. The zero-order chi connectivity index (χ0) is 14.7. The van der Waals surface area contributed by atoms with Crippen molar-refractivity contribution in [3.05, 3.63) is 28.3 Å². The number of nitro groups is 1. The monoisotopic (exact) mass is 278 g/mol. The van der Waals surface area contributed by atoms with Crippen molar-refractivity contribution in [2.24, 2.45) is 5.92 Å². The predicted octanol–water partition coefficient (Wildman–Crippen LogP) is 1.96. The van der Waals surface area contributed by atoms with Gasteiger partial charge in [-0.15, -0.1) is 0 Å². The van der Waals surface area contributed by atoms with Crippen LogP contribution in [-0.2, 0) is 0 Å². The second kappa shape index (κ2) is 6.09. The Morgan fingerprint density at radius 3 is 2.45 bits per heavy atom. The first-order valence-corrected chi connectivity index (χ1v) is 6.98. The van der Waals surface area contributed by atoms with Gasteiger partial charge >= 0.3 is 0 Å². The number of anilines is 2. The Labute approximate surface area is 119 Å². The number of hydrogen-bond donors (Lipinski definition) is 1. The number of nitro benzene ring substituents is 1. The first-order valence-electron chi connectivity index (χ1n) is 6.98. The molecular weight excluding hydrogens is 256 g/mol. The largest absolute Gasteiger partial charge is 0.397 e. The van der Waals surface area contributed by atoms with Gasteiger partial charge in [0.25, 0.3) is 5.69 Å². The minimum atomic E-state index is -0.416. The van der Waals surface area contributed by atoms with Crippen molar-refractivity contribution in [2.75, 3.05) is 43.4 Å². The summed E-state index contributed by atoms with van der Waals surface area (Å²) in [7, 11) is 0. The van der Waals surface area contributed by atoms with Crippen molar-refractivity contribution in [1.82, 2.24) is 4.90 Å². The minimum absolute atomic E-state index is 0.0460. The van der Waals surface area contributed by atoms with E-state index in [1.807, 2.05) is 0 Å². The summed E-state index contributed by atoms with van der Waals surface area (Å²) in [6.45, 7) is 9.40. The summed E-state index contributed by atoms with van der Waals surface area (Å²) in [6.07, 6.45) is 0. The van der Waals surface area contributed by atoms with Gasteiger partial charge in [0.15, 0.2) is 0 Å². The fourth-order valence-corrected chi connectivity index (χ4v) is 2.63. The van der Waals surface area contributed by atoms with Crippen LogP contribution in [-0.4, -0.2) is 42.5 Å². The van der Waals surface area contributed by atoms with Gasteiger partial charge in [-0.05, 0) is 12.0 Å². The van der Waals surface area contributed by atoms with E-state index in [-0.39, 0.29) is 5.69 Å². The standard InChI is InChI=1S/C14H22N4O2/c1-11(2)10-16-5-7-17(8-6-16)14-4-3-12(18(19)20)9-13(14)15/h3-4,9,11H,5-8,10,15H2,1-2H3. The highest BCUT2D eigenvalue weighted by molar-refractivity contribution is 5.70. The average Bonchev–Trinajstić information content (AvgIpc) is 2.39. The molecule has 1 fully saturated rings. The third-order valence-corrected chi connectivity index (χ3v) is 3.56. The van der Waals surface area contributed by atoms with Crippen molar-refractivity contribution in [2.45, 2.75) is 13.8 Å². The van der Waals surface area contributed by atoms with Gasteiger partial charge in [0, 0.05) is 44.9 Å². The van der Waals surface area contributed by atoms with Gasteiger partial charge in [-0.25, -0.2) is 0 Å². The molecule has 0 bridgehead atoms. The number of rotatable bonds is 4. The molecule has 1 aromatic rings. The second-order valence-electron chi connectivity index (χ2n) is 5.68. The molecule has 20 heavy (non-hydrogen) atoms. The molecular formula is C14H22N4O2. The quantitative estimate of drug-likeness (QED) is 0.517. The first-order chi connectivity index (χ1) is 9.47. The fraction of sp³-hybridized carbons (Fsp3) is 0.571. The molecule has 2 N–H and O–H groups in total. The number of nitrogens with zero attached hydrogens (tertiary/aromatic N) is 3. The first kappa shape index (κ1) is 14.6. The van der Waals surface area contributed by atoms with Crippen LogP contribution >= 0.6 is 0 Å². The summed E-state index contributed by atoms with van der Waals surface area (Å²) in [5.41, 5.74) is 7.38. The number of nitrogen functional groups attached to an aromatic ring is 1. The SMILES string of the molecule is CC(C)CN1CCN(c2ccc([N+](=O)[O-])cc2N)CC1. The predicted molar refractivity (Wildman–Crippen MR) is 81.0 cm³/mol. The molecule has 0 saturated carbocycles. The van der Waals surface area contributed by atoms with E-state index in [0.717, 1.165) is 38.4 Å². The zero-order valence-corrected chi connectivity index (χ0v) is 12.1. The molecule has 110 valence electrons. The Kier molecular flexibility index (Phi) is 4.44. The molecule has 0 spiro atoms. The summed E-state index contributed by atoms with van der Waals surface area (Å²) >= 11 is 0. The van der Waals surface area contributed by atoms with Crippen LogP contribution in [0, 0.1) is 16.0 Å². The van der Waals surface area contributed by atoms with Crippen LogP contribution in [0.5, 0.6) is 0 Å². The lowest BCUT2D eigenvalue weighted by Crippen LogP contribution is -2.47. The number of piperazine rings is 1. The molecule has 2 rings (SSSR count). The number of non-ortho nitro benzene ring substituents is 1. The van der Waals surface area contributed by atoms with Crippen molar-refractivity contribution in [3.63, 3.8) is 0 Å². The summed E-state index contributed by atoms with van der Waals surface area (Å²) in [6, 6.07) is 4.72. The Hall–Kier alpha value is -1.82. The molecule has 0 aliphatic carbocycles. The van der Waals surface area contributed by atoms with E-state index >= 15 is 0 Å². The van der Waals surface area contributed by atoms with Crippen molar-refractivity contribution >= 4 is 17.1 Å². The van der Waals surface area contributed by atoms with Gasteiger partial charge in [-0.1, -0.05) is 13.8 Å². The number of hydrogen-bond acceptors (Lipinski definition) is 5.